The number of benzene rings is 6. The van der Waals surface area contributed by atoms with Crippen molar-refractivity contribution >= 4 is 18.9 Å². The van der Waals surface area contributed by atoms with Gasteiger partial charge in [0.25, 0.3) is 0 Å². The van der Waals surface area contributed by atoms with Crippen molar-refractivity contribution in [1.82, 2.24) is 0 Å². The number of aliphatic hydroxyl groups excluding tert-OH is 4. The van der Waals surface area contributed by atoms with Gasteiger partial charge in [-0.05, 0) is 58.4 Å². The number of aliphatic hydroxyl groups is 4. The quantitative estimate of drug-likeness (QED) is 0.0863. The Labute approximate surface area is 377 Å². The van der Waals surface area contributed by atoms with Crippen molar-refractivity contribution in [3.63, 3.8) is 0 Å². The fraction of sp³-hybridized carbons (Fsp3) is 0.333. The summed E-state index contributed by atoms with van der Waals surface area (Å²) in [4.78, 5) is 0. The number of aryl methyl sites for hydroxylation is 1. The summed E-state index contributed by atoms with van der Waals surface area (Å²) in [6.07, 6.45) is 0. The first-order valence-corrected chi connectivity index (χ1v) is 22.1. The molecule has 0 radical (unpaired) electrons. The summed E-state index contributed by atoms with van der Waals surface area (Å²) in [6.45, 7) is 18.4. The van der Waals surface area contributed by atoms with Crippen LogP contribution in [0, 0.1) is 12.3 Å². The highest BCUT2D eigenvalue weighted by Crippen LogP contribution is 2.42. The molecule has 0 aromatic heterocycles. The maximum absolute atomic E-state index is 8.50. The van der Waals surface area contributed by atoms with E-state index in [0.717, 1.165) is 11.5 Å². The monoisotopic (exact) mass is 876 g/mol. The van der Waals surface area contributed by atoms with Crippen LogP contribution in [-0.4, -0.2) is 46.9 Å². The largest absolute Gasteiger partial charge is 0.480 e. The summed E-state index contributed by atoms with van der Waals surface area (Å²) in [7, 11) is 4.74. The summed E-state index contributed by atoms with van der Waals surface area (Å²) in [6, 6.07) is 55.3. The zero-order chi connectivity index (χ0) is 46.0. The molecule has 0 aliphatic rings. The molecule has 6 rings (SSSR count). The van der Waals surface area contributed by atoms with Gasteiger partial charge >= 0.3 is 0 Å². The predicted molar refractivity (Wildman–Crippen MR) is 265 cm³/mol. The molecule has 6 nitrogen and oxygen atoms in total. The van der Waals surface area contributed by atoms with E-state index in [1.54, 1.807) is 0 Å². The summed E-state index contributed by atoms with van der Waals surface area (Å²) in [5, 5.41) is 34.0. The summed E-state index contributed by atoms with van der Waals surface area (Å²) < 4.78 is 11.0. The Morgan fingerprint density at radius 3 is 1.08 bits per heavy atom. The molecular weight excluding hydrogens is 807 g/mol. The van der Waals surface area contributed by atoms with Crippen LogP contribution in [0.4, 0.5) is 0 Å². The molecule has 0 aliphatic carbocycles. The fourth-order valence-corrected chi connectivity index (χ4v) is 7.31. The minimum absolute atomic E-state index is 0.00961. The predicted octanol–water partition coefficient (Wildman–Crippen LogP) is 11.7. The molecule has 0 spiro atoms. The summed E-state index contributed by atoms with van der Waals surface area (Å²) in [5.41, 5.74) is 8.92. The molecule has 6 aromatic carbocycles. The molecule has 0 saturated heterocycles. The van der Waals surface area contributed by atoms with E-state index in [2.05, 4.69) is 221 Å². The van der Waals surface area contributed by atoms with Crippen molar-refractivity contribution < 1.29 is 29.5 Å². The molecule has 0 saturated carbocycles. The van der Waals surface area contributed by atoms with Crippen molar-refractivity contribution in [2.24, 2.45) is 5.41 Å². The Hall–Kier alpha value is -4.38. The first-order chi connectivity index (χ1) is 29.5. The molecule has 332 valence electrons. The third-order valence-electron chi connectivity index (χ3n) is 11.8. The van der Waals surface area contributed by atoms with Gasteiger partial charge in [0.15, 0.2) is 0 Å². The highest BCUT2D eigenvalue weighted by molar-refractivity contribution is 7.10. The average Bonchev–Trinajstić information content (AvgIpc) is 3.31. The summed E-state index contributed by atoms with van der Waals surface area (Å²) in [5.74, 6) is 2.28. The summed E-state index contributed by atoms with van der Waals surface area (Å²) >= 11 is 0. The van der Waals surface area contributed by atoms with Gasteiger partial charge in [0.1, 0.15) is 11.5 Å². The lowest BCUT2D eigenvalue weighted by Crippen LogP contribution is -2.37. The van der Waals surface area contributed by atoms with Crippen molar-refractivity contribution in [2.75, 3.05) is 26.4 Å². The average molecular weight is 877 g/mol. The Kier molecular flexibility index (Phi) is 20.5. The van der Waals surface area contributed by atoms with Crippen LogP contribution in [0.5, 0.6) is 11.5 Å². The van der Waals surface area contributed by atoms with Gasteiger partial charge in [-0.1, -0.05) is 207 Å². The van der Waals surface area contributed by atoms with Crippen molar-refractivity contribution in [1.29, 1.82) is 0 Å². The molecule has 2 atom stereocenters. The maximum atomic E-state index is 8.50. The minimum Gasteiger partial charge on any atom is -0.480 e. The maximum Gasteiger partial charge on any atom is 0.126 e. The van der Waals surface area contributed by atoms with Crippen LogP contribution in [0.1, 0.15) is 106 Å². The lowest BCUT2D eigenvalue weighted by molar-refractivity contribution is -0.0328. The van der Waals surface area contributed by atoms with E-state index in [1.165, 1.54) is 44.5 Å². The van der Waals surface area contributed by atoms with E-state index in [-0.39, 0.29) is 16.2 Å². The molecule has 4 N–H and O–H groups in total. The number of hydrogen-bond donors (Lipinski definition) is 4. The third-order valence-corrected chi connectivity index (χ3v) is 12.3. The fourth-order valence-electron chi connectivity index (χ4n) is 6.89. The van der Waals surface area contributed by atoms with Gasteiger partial charge in [0, 0.05) is 21.8 Å². The van der Waals surface area contributed by atoms with Crippen LogP contribution < -0.4 is 9.05 Å². The first kappa shape index (κ1) is 52.0. The Balaban J connectivity index is 0.000000249. The van der Waals surface area contributed by atoms with Gasteiger partial charge in [-0.15, -0.1) is 0 Å². The second-order valence-electron chi connectivity index (χ2n) is 17.6. The van der Waals surface area contributed by atoms with Gasteiger partial charge in [-0.25, -0.2) is 0 Å². The highest BCUT2D eigenvalue weighted by atomic mass is 31.0. The second kappa shape index (κ2) is 24.5. The zero-order valence-corrected chi connectivity index (χ0v) is 40.5. The Morgan fingerprint density at radius 2 is 0.774 bits per heavy atom. The van der Waals surface area contributed by atoms with E-state index in [4.69, 9.17) is 29.5 Å². The molecule has 0 heterocycles. The first-order valence-electron chi connectivity index (χ1n) is 21.1. The van der Waals surface area contributed by atoms with E-state index < -0.39 is 31.8 Å². The van der Waals surface area contributed by atoms with Gasteiger partial charge in [-0.2, -0.15) is 0 Å². The van der Waals surface area contributed by atoms with Crippen LogP contribution in [0.3, 0.4) is 0 Å². The minimum atomic E-state index is -1.11. The van der Waals surface area contributed by atoms with E-state index in [0.29, 0.717) is 5.92 Å². The molecular formula is C54H70O6P2. The Morgan fingerprint density at radius 1 is 0.435 bits per heavy atom. The number of hydrogen-bond acceptors (Lipinski definition) is 6. The second-order valence-corrected chi connectivity index (χ2v) is 18.1. The topological polar surface area (TPSA) is 99.4 Å². The smallest absolute Gasteiger partial charge is 0.126 e. The van der Waals surface area contributed by atoms with Crippen LogP contribution in [0.25, 0.3) is 0 Å². The molecule has 2 unspecified atom stereocenters. The van der Waals surface area contributed by atoms with Crippen molar-refractivity contribution in [2.45, 2.75) is 84.5 Å². The van der Waals surface area contributed by atoms with E-state index in [1.807, 2.05) is 18.2 Å². The van der Waals surface area contributed by atoms with Gasteiger partial charge in [-0.3, -0.25) is 0 Å². The molecule has 0 amide bonds. The number of rotatable bonds is 13. The zero-order valence-electron chi connectivity index (χ0n) is 38.2. The highest BCUT2D eigenvalue weighted by Gasteiger charge is 2.31. The van der Waals surface area contributed by atoms with E-state index in [9.17, 15) is 0 Å². The molecule has 8 heteroatoms. The normalized spacial score (nSPS) is 11.5. The van der Waals surface area contributed by atoms with Crippen molar-refractivity contribution in [3.05, 3.63) is 202 Å². The van der Waals surface area contributed by atoms with Crippen LogP contribution in [0.15, 0.2) is 158 Å². The SMILES string of the molecule is CC(C)(c1ccccc1)c1ccc(OP)c(C(C)(C)c2ccccc2)c1.CC(C)c1cc(C(C)(C)c2ccccc2)ccc1OP.Cc1ccccc1.OCC(CO)(CO)CO. The van der Waals surface area contributed by atoms with Crippen LogP contribution in [0.2, 0.25) is 0 Å². The lowest BCUT2D eigenvalue weighted by Gasteiger charge is -2.32. The standard InChI is InChI=1S/C24H27OP.C18H23OP.C7H8.C5H12O4/c1-23(2,18-11-7-5-8-12-18)20-15-16-22(25-26)21(17-20)24(3,4)19-13-9-6-10-14-19;1-13(2)16-12-15(10-11-17(16)19-20)18(3,4)14-8-6-5-7-9-14;1-7-5-3-2-4-6-7;6-1-5(2-7,3-8)4-9/h5-17H,26H2,1-4H3;5-13H,20H2,1-4H3;2-6H,1H3;6-9H,1-4H2. The molecule has 6 aromatic rings. The molecule has 0 aliphatic heterocycles. The molecule has 62 heavy (non-hydrogen) atoms. The van der Waals surface area contributed by atoms with Gasteiger partial charge in [0.05, 0.1) is 50.8 Å². The Bertz CT molecular complexity index is 2150. The third kappa shape index (κ3) is 13.8. The molecule has 0 bridgehead atoms. The van der Waals surface area contributed by atoms with Gasteiger partial charge < -0.3 is 29.5 Å². The molecule has 0 fully saturated rings. The van der Waals surface area contributed by atoms with Gasteiger partial charge in [0.2, 0.25) is 0 Å². The van der Waals surface area contributed by atoms with E-state index >= 15 is 0 Å². The van der Waals surface area contributed by atoms with Crippen LogP contribution in [-0.2, 0) is 16.2 Å². The van der Waals surface area contributed by atoms with Crippen molar-refractivity contribution in [3.8, 4) is 11.5 Å². The lowest BCUT2D eigenvalue weighted by atomic mass is 9.73. The van der Waals surface area contributed by atoms with Crippen LogP contribution >= 0.6 is 18.9 Å².